The van der Waals surface area contributed by atoms with E-state index in [1.165, 1.54) is 23.4 Å². The van der Waals surface area contributed by atoms with E-state index in [4.69, 9.17) is 0 Å². The highest BCUT2D eigenvalue weighted by Crippen LogP contribution is 2.18. The molecular weight excluding hydrogens is 254 g/mol. The number of carbonyl (C=O) groups is 1. The monoisotopic (exact) mass is 269 g/mol. The Morgan fingerprint density at radius 1 is 1.05 bits per heavy atom. The van der Waals surface area contributed by atoms with Crippen LogP contribution in [0.1, 0.15) is 5.56 Å². The van der Waals surface area contributed by atoms with E-state index in [2.05, 4.69) is 5.32 Å². The van der Waals surface area contributed by atoms with Crippen LogP contribution in [0.25, 0.3) is 0 Å². The molecule has 0 saturated carbocycles. The molecule has 2 nitrogen and oxygen atoms in total. The highest BCUT2D eigenvalue weighted by atomic mass is 32.2. The first kappa shape index (κ1) is 13.4. The maximum absolute atomic E-state index is 11.7. The number of aryl methyl sites for hydroxylation is 1. The van der Waals surface area contributed by atoms with E-state index in [0.717, 1.165) is 10.6 Å². The molecule has 0 fully saturated rings. The predicted molar refractivity (Wildman–Crippen MR) is 81.2 cm³/mol. The normalized spacial score (nSPS) is 10.6. The van der Waals surface area contributed by atoms with Crippen molar-refractivity contribution in [1.29, 1.82) is 0 Å². The molecular formula is C16H15NOS. The number of carbonyl (C=O) groups excluding carboxylic acids is 1. The first-order valence-electron chi connectivity index (χ1n) is 6.00. The van der Waals surface area contributed by atoms with Gasteiger partial charge in [0, 0.05) is 16.7 Å². The van der Waals surface area contributed by atoms with Crippen LogP contribution in [0, 0.1) is 6.92 Å². The summed E-state index contributed by atoms with van der Waals surface area (Å²) < 4.78 is 0. The molecule has 0 atom stereocenters. The van der Waals surface area contributed by atoms with Crippen LogP contribution in [0.15, 0.2) is 71.0 Å². The molecule has 1 amide bonds. The summed E-state index contributed by atoms with van der Waals surface area (Å²) in [5, 5.41) is 4.61. The van der Waals surface area contributed by atoms with Crippen molar-refractivity contribution in [1.82, 2.24) is 0 Å². The zero-order chi connectivity index (χ0) is 13.5. The van der Waals surface area contributed by atoms with Crippen molar-refractivity contribution >= 4 is 23.4 Å². The topological polar surface area (TPSA) is 29.1 Å². The van der Waals surface area contributed by atoms with Gasteiger partial charge >= 0.3 is 0 Å². The van der Waals surface area contributed by atoms with E-state index in [-0.39, 0.29) is 5.91 Å². The second-order valence-electron chi connectivity index (χ2n) is 4.09. The molecule has 1 N–H and O–H groups in total. The van der Waals surface area contributed by atoms with Crippen LogP contribution in [-0.4, -0.2) is 5.91 Å². The van der Waals surface area contributed by atoms with E-state index >= 15 is 0 Å². The van der Waals surface area contributed by atoms with Crippen LogP contribution >= 0.6 is 11.8 Å². The second kappa shape index (κ2) is 6.81. The molecule has 0 unspecified atom stereocenters. The standard InChI is InChI=1S/C16H15NOS/c1-13-7-9-14(10-8-13)17-16(18)11-12-19-15-5-3-2-4-6-15/h2-12H,1H3,(H,17,18). The van der Waals surface area contributed by atoms with Crippen LogP contribution in [0.4, 0.5) is 5.69 Å². The number of hydrogen-bond donors (Lipinski definition) is 1. The smallest absolute Gasteiger partial charge is 0.248 e. The molecule has 0 saturated heterocycles. The molecule has 2 aromatic carbocycles. The van der Waals surface area contributed by atoms with Gasteiger partial charge in [0.25, 0.3) is 0 Å². The quantitative estimate of drug-likeness (QED) is 0.664. The largest absolute Gasteiger partial charge is 0.322 e. The Hall–Kier alpha value is -2.00. The number of anilines is 1. The molecule has 2 aromatic rings. The molecule has 96 valence electrons. The minimum absolute atomic E-state index is 0.118. The SMILES string of the molecule is Cc1ccc(NC(=O)C=CSc2ccccc2)cc1. The van der Waals surface area contributed by atoms with Gasteiger partial charge in [-0.15, -0.1) is 0 Å². The van der Waals surface area contributed by atoms with E-state index < -0.39 is 0 Å². The highest BCUT2D eigenvalue weighted by molar-refractivity contribution is 8.02. The molecule has 0 bridgehead atoms. The van der Waals surface area contributed by atoms with Gasteiger partial charge in [-0.05, 0) is 36.6 Å². The Morgan fingerprint density at radius 2 is 1.74 bits per heavy atom. The number of benzene rings is 2. The first-order valence-corrected chi connectivity index (χ1v) is 6.88. The summed E-state index contributed by atoms with van der Waals surface area (Å²) in [6.45, 7) is 2.02. The van der Waals surface area contributed by atoms with E-state index in [1.54, 1.807) is 5.41 Å². The lowest BCUT2D eigenvalue weighted by molar-refractivity contribution is -0.111. The lowest BCUT2D eigenvalue weighted by Crippen LogP contribution is -2.07. The average Bonchev–Trinajstić information content (AvgIpc) is 2.43. The molecule has 0 spiro atoms. The van der Waals surface area contributed by atoms with Gasteiger partial charge in [0.05, 0.1) is 0 Å². The summed E-state index contributed by atoms with van der Waals surface area (Å²) in [5.74, 6) is -0.118. The van der Waals surface area contributed by atoms with Gasteiger partial charge in [0.1, 0.15) is 0 Å². The third-order valence-corrected chi connectivity index (χ3v) is 3.30. The van der Waals surface area contributed by atoms with E-state index in [1.807, 2.05) is 61.5 Å². The summed E-state index contributed by atoms with van der Waals surface area (Å²) in [6, 6.07) is 17.7. The first-order chi connectivity index (χ1) is 9.24. The zero-order valence-corrected chi connectivity index (χ0v) is 11.5. The van der Waals surface area contributed by atoms with Crippen molar-refractivity contribution in [2.75, 3.05) is 5.32 Å². The lowest BCUT2D eigenvalue weighted by atomic mass is 10.2. The minimum Gasteiger partial charge on any atom is -0.322 e. The van der Waals surface area contributed by atoms with Crippen molar-refractivity contribution < 1.29 is 4.79 Å². The molecule has 0 aromatic heterocycles. The summed E-state index contributed by atoms with van der Waals surface area (Å²) in [5.41, 5.74) is 1.98. The Kier molecular flexibility index (Phi) is 4.81. The van der Waals surface area contributed by atoms with E-state index in [9.17, 15) is 4.79 Å². The third-order valence-electron chi connectivity index (χ3n) is 2.49. The van der Waals surface area contributed by atoms with Crippen molar-refractivity contribution in [3.63, 3.8) is 0 Å². The van der Waals surface area contributed by atoms with Gasteiger partial charge in [0.2, 0.25) is 5.91 Å². The Morgan fingerprint density at radius 3 is 2.42 bits per heavy atom. The molecule has 0 aliphatic carbocycles. The maximum atomic E-state index is 11.7. The van der Waals surface area contributed by atoms with Crippen LogP contribution in [0.3, 0.4) is 0 Å². The molecule has 0 radical (unpaired) electrons. The van der Waals surface area contributed by atoms with Crippen LogP contribution in [-0.2, 0) is 4.79 Å². The Bertz CT molecular complexity index is 561. The van der Waals surface area contributed by atoms with Gasteiger partial charge < -0.3 is 5.32 Å². The average molecular weight is 269 g/mol. The van der Waals surface area contributed by atoms with Crippen molar-refractivity contribution in [3.8, 4) is 0 Å². The van der Waals surface area contributed by atoms with Gasteiger partial charge in [-0.1, -0.05) is 47.7 Å². The Labute approximate surface area is 117 Å². The fourth-order valence-electron chi connectivity index (χ4n) is 1.49. The number of nitrogens with one attached hydrogen (secondary N) is 1. The highest BCUT2D eigenvalue weighted by Gasteiger charge is 1.97. The number of amides is 1. The number of hydrogen-bond acceptors (Lipinski definition) is 2. The summed E-state index contributed by atoms with van der Waals surface area (Å²) >= 11 is 1.52. The molecule has 19 heavy (non-hydrogen) atoms. The van der Waals surface area contributed by atoms with Crippen molar-refractivity contribution in [2.45, 2.75) is 11.8 Å². The van der Waals surface area contributed by atoms with E-state index in [0.29, 0.717) is 0 Å². The van der Waals surface area contributed by atoms with Gasteiger partial charge in [-0.2, -0.15) is 0 Å². The van der Waals surface area contributed by atoms with Gasteiger partial charge in [-0.25, -0.2) is 0 Å². The predicted octanol–water partition coefficient (Wildman–Crippen LogP) is 4.24. The number of thioether (sulfide) groups is 1. The van der Waals surface area contributed by atoms with Crippen LogP contribution in [0.5, 0.6) is 0 Å². The van der Waals surface area contributed by atoms with Crippen molar-refractivity contribution in [2.24, 2.45) is 0 Å². The van der Waals surface area contributed by atoms with Gasteiger partial charge in [0.15, 0.2) is 0 Å². The second-order valence-corrected chi connectivity index (χ2v) is 5.07. The lowest BCUT2D eigenvalue weighted by Gasteiger charge is -2.02. The molecule has 0 aliphatic heterocycles. The minimum atomic E-state index is -0.118. The number of rotatable bonds is 4. The molecule has 0 aliphatic rings. The van der Waals surface area contributed by atoms with Crippen LogP contribution < -0.4 is 5.32 Å². The summed E-state index contributed by atoms with van der Waals surface area (Å²) in [6.07, 6.45) is 1.54. The van der Waals surface area contributed by atoms with Crippen molar-refractivity contribution in [3.05, 3.63) is 71.6 Å². The molecule has 2 rings (SSSR count). The summed E-state index contributed by atoms with van der Waals surface area (Å²) in [7, 11) is 0. The summed E-state index contributed by atoms with van der Waals surface area (Å²) in [4.78, 5) is 12.8. The fourth-order valence-corrected chi connectivity index (χ4v) is 2.16. The van der Waals surface area contributed by atoms with Crippen LogP contribution in [0.2, 0.25) is 0 Å². The Balaban J connectivity index is 1.86. The van der Waals surface area contributed by atoms with Gasteiger partial charge in [-0.3, -0.25) is 4.79 Å². The maximum Gasteiger partial charge on any atom is 0.248 e. The zero-order valence-electron chi connectivity index (χ0n) is 10.7. The fraction of sp³-hybridized carbons (Fsp3) is 0.0625. The third kappa shape index (κ3) is 4.64. The molecule has 3 heteroatoms. The molecule has 0 heterocycles.